The summed E-state index contributed by atoms with van der Waals surface area (Å²) in [4.78, 5) is 28.9. The second-order valence-corrected chi connectivity index (χ2v) is 9.86. The van der Waals surface area contributed by atoms with Crippen molar-refractivity contribution in [2.24, 2.45) is 0 Å². The maximum absolute atomic E-state index is 13.5. The molecule has 1 aliphatic carbocycles. The van der Waals surface area contributed by atoms with Crippen LogP contribution >= 0.6 is 11.6 Å². The number of nitrogens with zero attached hydrogens (tertiary/aromatic N) is 1. The number of unbranched alkanes of at least 4 members (excludes halogenated alkanes) is 1. The van der Waals surface area contributed by atoms with Crippen LogP contribution in [0.4, 0.5) is 4.39 Å². The lowest BCUT2D eigenvalue weighted by Crippen LogP contribution is -2.27. The Morgan fingerprint density at radius 1 is 1.03 bits per heavy atom. The lowest BCUT2D eigenvalue weighted by molar-refractivity contribution is -0.137. The molecule has 188 valence electrons. The van der Waals surface area contributed by atoms with E-state index < -0.39 is 5.97 Å². The Balaban J connectivity index is 1.42. The second kappa shape index (κ2) is 10.7. The minimum atomic E-state index is -0.820. The van der Waals surface area contributed by atoms with E-state index in [0.717, 1.165) is 46.1 Å². The highest BCUT2D eigenvalue weighted by Gasteiger charge is 2.24. The van der Waals surface area contributed by atoms with E-state index in [1.54, 1.807) is 18.2 Å². The lowest BCUT2D eigenvalue weighted by atomic mass is 9.98. The third kappa shape index (κ3) is 5.65. The van der Waals surface area contributed by atoms with E-state index in [1.807, 2.05) is 36.4 Å². The van der Waals surface area contributed by atoms with Gasteiger partial charge in [-0.2, -0.15) is 0 Å². The zero-order valence-electron chi connectivity index (χ0n) is 20.1. The molecule has 2 N–H and O–H groups in total. The molecule has 0 unspecified atom stereocenters. The molecule has 7 heteroatoms. The molecule has 1 aliphatic rings. The van der Waals surface area contributed by atoms with Crippen molar-refractivity contribution in [1.82, 2.24) is 10.3 Å². The number of halogens is 2. The largest absolute Gasteiger partial charge is 0.481 e. The summed E-state index contributed by atoms with van der Waals surface area (Å²) in [5, 5.41) is 13.6. The summed E-state index contributed by atoms with van der Waals surface area (Å²) >= 11 is 6.12. The number of pyridine rings is 1. The number of rotatable bonds is 8. The summed E-state index contributed by atoms with van der Waals surface area (Å²) in [6.07, 6.45) is 3.66. The zero-order valence-corrected chi connectivity index (χ0v) is 20.9. The number of aromatic nitrogens is 1. The molecule has 3 aromatic carbocycles. The van der Waals surface area contributed by atoms with Gasteiger partial charge in [0.1, 0.15) is 5.82 Å². The number of carbonyl (C=O) groups is 2. The van der Waals surface area contributed by atoms with Crippen molar-refractivity contribution in [3.05, 3.63) is 99.8 Å². The maximum atomic E-state index is 13.5. The van der Waals surface area contributed by atoms with Gasteiger partial charge >= 0.3 is 5.97 Å². The first-order valence-corrected chi connectivity index (χ1v) is 12.8. The average Bonchev–Trinajstić information content (AvgIpc) is 3.27. The molecule has 0 fully saturated rings. The summed E-state index contributed by atoms with van der Waals surface area (Å²) in [6, 6.07) is 19.4. The van der Waals surface area contributed by atoms with Crippen LogP contribution in [0, 0.1) is 5.82 Å². The number of aryl methyl sites for hydroxylation is 2. The van der Waals surface area contributed by atoms with Crippen molar-refractivity contribution in [3.63, 3.8) is 0 Å². The predicted octanol–water partition coefficient (Wildman–Crippen LogP) is 6.91. The number of carbonyl (C=O) groups excluding carboxylic acids is 1. The summed E-state index contributed by atoms with van der Waals surface area (Å²) in [6.45, 7) is 0. The summed E-state index contributed by atoms with van der Waals surface area (Å²) in [5.41, 5.74) is 6.01. The van der Waals surface area contributed by atoms with Gasteiger partial charge in [0.2, 0.25) is 0 Å². The second-order valence-electron chi connectivity index (χ2n) is 9.42. The first-order valence-electron chi connectivity index (χ1n) is 12.4. The van der Waals surface area contributed by atoms with E-state index in [-0.39, 0.29) is 24.2 Å². The number of amides is 1. The monoisotopic (exact) mass is 516 g/mol. The van der Waals surface area contributed by atoms with Gasteiger partial charge in [0.05, 0.1) is 17.3 Å². The SMILES string of the molecule is O=C(O)CCCCc1cc2cc(C(=O)N[C@@H]3CCc4cc(Cl)ccc43)ccc2nc1-c1ccc(F)cc1. The Bertz CT molecular complexity index is 1490. The molecule has 0 radical (unpaired) electrons. The van der Waals surface area contributed by atoms with E-state index in [2.05, 4.69) is 5.32 Å². The highest BCUT2D eigenvalue weighted by Crippen LogP contribution is 2.33. The molecular formula is C30H26ClFN2O3. The van der Waals surface area contributed by atoms with Gasteiger partial charge < -0.3 is 10.4 Å². The van der Waals surface area contributed by atoms with Crippen LogP contribution in [-0.4, -0.2) is 22.0 Å². The molecule has 1 aromatic heterocycles. The first kappa shape index (κ1) is 24.9. The molecule has 0 spiro atoms. The fraction of sp³-hybridized carbons (Fsp3) is 0.233. The van der Waals surface area contributed by atoms with Crippen LogP contribution in [0.2, 0.25) is 5.02 Å². The average molecular weight is 517 g/mol. The van der Waals surface area contributed by atoms with Crippen LogP contribution in [0.15, 0.2) is 66.7 Å². The van der Waals surface area contributed by atoms with Crippen molar-refractivity contribution < 1.29 is 19.1 Å². The van der Waals surface area contributed by atoms with Gasteiger partial charge in [0, 0.05) is 28.0 Å². The number of hydrogen-bond donors (Lipinski definition) is 2. The Hall–Kier alpha value is -3.77. The quantitative estimate of drug-likeness (QED) is 0.249. The number of fused-ring (bicyclic) bond motifs is 2. The van der Waals surface area contributed by atoms with E-state index in [9.17, 15) is 14.0 Å². The fourth-order valence-electron chi connectivity index (χ4n) is 4.98. The Morgan fingerprint density at radius 3 is 2.62 bits per heavy atom. The number of aliphatic carboxylic acids is 1. The Kier molecular flexibility index (Phi) is 7.19. The maximum Gasteiger partial charge on any atom is 0.303 e. The van der Waals surface area contributed by atoms with Crippen LogP contribution in [0.1, 0.15) is 58.8 Å². The molecular weight excluding hydrogens is 491 g/mol. The van der Waals surface area contributed by atoms with Crippen LogP contribution < -0.4 is 5.32 Å². The van der Waals surface area contributed by atoms with Crippen molar-refractivity contribution in [2.45, 2.75) is 44.6 Å². The Labute approximate surface area is 219 Å². The van der Waals surface area contributed by atoms with Crippen molar-refractivity contribution >= 4 is 34.4 Å². The van der Waals surface area contributed by atoms with E-state index in [0.29, 0.717) is 29.8 Å². The van der Waals surface area contributed by atoms with Crippen LogP contribution in [0.3, 0.4) is 0 Å². The Morgan fingerprint density at radius 2 is 1.84 bits per heavy atom. The number of carboxylic acids is 1. The van der Waals surface area contributed by atoms with Gasteiger partial charge in [-0.05, 0) is 109 Å². The summed E-state index contributed by atoms with van der Waals surface area (Å²) in [5.74, 6) is -1.30. The highest BCUT2D eigenvalue weighted by molar-refractivity contribution is 6.30. The minimum absolute atomic E-state index is 0.0563. The summed E-state index contributed by atoms with van der Waals surface area (Å²) < 4.78 is 13.5. The third-order valence-electron chi connectivity index (χ3n) is 6.85. The predicted molar refractivity (Wildman–Crippen MR) is 142 cm³/mol. The van der Waals surface area contributed by atoms with E-state index >= 15 is 0 Å². The summed E-state index contributed by atoms with van der Waals surface area (Å²) in [7, 11) is 0. The first-order chi connectivity index (χ1) is 17.9. The highest BCUT2D eigenvalue weighted by atomic mass is 35.5. The van der Waals surface area contributed by atoms with Crippen molar-refractivity contribution in [1.29, 1.82) is 0 Å². The number of nitrogens with one attached hydrogen (secondary N) is 1. The number of hydrogen-bond acceptors (Lipinski definition) is 3. The van der Waals surface area contributed by atoms with Crippen LogP contribution in [0.25, 0.3) is 22.2 Å². The zero-order chi connectivity index (χ0) is 25.9. The molecule has 1 heterocycles. The molecule has 0 aliphatic heterocycles. The molecule has 5 nitrogen and oxygen atoms in total. The van der Waals surface area contributed by atoms with Crippen molar-refractivity contribution in [3.8, 4) is 11.3 Å². The van der Waals surface area contributed by atoms with Gasteiger partial charge in [0.25, 0.3) is 5.91 Å². The van der Waals surface area contributed by atoms with Gasteiger partial charge in [-0.1, -0.05) is 17.7 Å². The third-order valence-corrected chi connectivity index (χ3v) is 7.08. The molecule has 1 atom stereocenters. The topological polar surface area (TPSA) is 79.3 Å². The molecule has 1 amide bonds. The molecule has 0 bridgehead atoms. The van der Waals surface area contributed by atoms with Crippen molar-refractivity contribution in [2.75, 3.05) is 0 Å². The van der Waals surface area contributed by atoms with Gasteiger partial charge in [-0.25, -0.2) is 9.37 Å². The van der Waals surface area contributed by atoms with Gasteiger partial charge in [-0.3, -0.25) is 9.59 Å². The molecule has 0 saturated heterocycles. The number of benzene rings is 3. The van der Waals surface area contributed by atoms with E-state index in [4.69, 9.17) is 21.7 Å². The smallest absolute Gasteiger partial charge is 0.303 e. The minimum Gasteiger partial charge on any atom is -0.481 e. The standard InChI is InChI=1S/C30H26ClFN2O3/c31-23-9-12-25-19(17-23)7-14-27(25)34-30(37)21-8-13-26-22(16-21)15-20(3-1-2-4-28(35)36)29(33-26)18-5-10-24(32)11-6-18/h5-6,8-13,15-17,27H,1-4,7,14H2,(H,34,37)(H,35,36)/t27-/m1/s1. The molecule has 5 rings (SSSR count). The number of carboxylic acid groups (broad SMARTS) is 1. The van der Waals surface area contributed by atoms with Crippen LogP contribution in [0.5, 0.6) is 0 Å². The van der Waals surface area contributed by atoms with Crippen LogP contribution in [-0.2, 0) is 17.6 Å². The van der Waals surface area contributed by atoms with Gasteiger partial charge in [-0.15, -0.1) is 0 Å². The van der Waals surface area contributed by atoms with Gasteiger partial charge in [0.15, 0.2) is 0 Å². The molecule has 37 heavy (non-hydrogen) atoms. The fourth-order valence-corrected chi connectivity index (χ4v) is 5.17. The molecule has 0 saturated carbocycles. The normalized spacial score (nSPS) is 14.5. The molecule has 4 aromatic rings. The lowest BCUT2D eigenvalue weighted by Gasteiger charge is -2.15. The van der Waals surface area contributed by atoms with E-state index in [1.165, 1.54) is 17.7 Å².